The molecule has 2 heterocycles. The highest BCUT2D eigenvalue weighted by Gasteiger charge is 2.17. The Morgan fingerprint density at radius 2 is 0.571 bits per heavy atom. The van der Waals surface area contributed by atoms with Crippen LogP contribution in [0.1, 0.15) is 22.3 Å². The Labute approximate surface area is 246 Å². The predicted molar refractivity (Wildman–Crippen MR) is 180 cm³/mol. The van der Waals surface area contributed by atoms with Gasteiger partial charge in [0.15, 0.2) is 0 Å². The summed E-state index contributed by atoms with van der Waals surface area (Å²) >= 11 is 0. The third kappa shape index (κ3) is 3.51. The molecule has 0 amide bonds. The van der Waals surface area contributed by atoms with Crippen LogP contribution in [-0.4, -0.2) is 9.13 Å². The number of aromatic nitrogens is 2. The van der Waals surface area contributed by atoms with Crippen molar-refractivity contribution in [3.63, 3.8) is 0 Å². The van der Waals surface area contributed by atoms with Gasteiger partial charge in [0.1, 0.15) is 0 Å². The van der Waals surface area contributed by atoms with Gasteiger partial charge in [-0.1, -0.05) is 97.1 Å². The molecule has 2 aromatic heterocycles. The van der Waals surface area contributed by atoms with Crippen molar-refractivity contribution in [3.05, 3.63) is 144 Å². The fourth-order valence-corrected chi connectivity index (χ4v) is 7.04. The maximum absolute atomic E-state index is 2.44. The smallest absolute Gasteiger partial charge is 0.0570 e. The van der Waals surface area contributed by atoms with Gasteiger partial charge in [-0.2, -0.15) is 0 Å². The topological polar surface area (TPSA) is 9.86 Å². The first-order chi connectivity index (χ1) is 20.5. The van der Waals surface area contributed by atoms with E-state index >= 15 is 0 Å². The summed E-state index contributed by atoms with van der Waals surface area (Å²) in [4.78, 5) is 0. The number of rotatable bonds is 3. The van der Waals surface area contributed by atoms with Gasteiger partial charge in [-0.15, -0.1) is 0 Å². The standard InChI is InChI=1S/C40H32N2/c1-25-9-5-13-33-34-14-6-10-26(2)38(34)41(37(25)33)31-21-17-29(18-22-31)30-19-23-32(24-20-30)42-39-27(3)11-7-15-35(39)36-16-8-12-28(4)40(36)42/h5-24H,1-4H3. The fourth-order valence-electron chi connectivity index (χ4n) is 7.04. The number of fused-ring (bicyclic) bond motifs is 6. The van der Waals surface area contributed by atoms with Crippen LogP contribution < -0.4 is 0 Å². The molecule has 42 heavy (non-hydrogen) atoms. The summed E-state index contributed by atoms with van der Waals surface area (Å²) in [5.41, 5.74) is 15.1. The second kappa shape index (κ2) is 9.22. The van der Waals surface area contributed by atoms with Crippen LogP contribution in [0.5, 0.6) is 0 Å². The van der Waals surface area contributed by atoms with Crippen LogP contribution in [0.3, 0.4) is 0 Å². The largest absolute Gasteiger partial charge is 0.309 e. The van der Waals surface area contributed by atoms with Crippen molar-refractivity contribution in [2.75, 3.05) is 0 Å². The monoisotopic (exact) mass is 540 g/mol. The lowest BCUT2D eigenvalue weighted by molar-refractivity contribution is 1.15. The first-order valence-corrected chi connectivity index (χ1v) is 14.7. The van der Waals surface area contributed by atoms with Gasteiger partial charge in [0.2, 0.25) is 0 Å². The lowest BCUT2D eigenvalue weighted by atomic mass is 10.0. The Balaban J connectivity index is 1.23. The van der Waals surface area contributed by atoms with Gasteiger partial charge in [-0.25, -0.2) is 0 Å². The lowest BCUT2D eigenvalue weighted by Crippen LogP contribution is -1.97. The van der Waals surface area contributed by atoms with Crippen LogP contribution in [0.15, 0.2) is 121 Å². The Morgan fingerprint density at radius 3 is 0.833 bits per heavy atom. The predicted octanol–water partition coefficient (Wildman–Crippen LogP) is 10.8. The summed E-state index contributed by atoms with van der Waals surface area (Å²) in [6.45, 7) is 8.85. The van der Waals surface area contributed by atoms with E-state index < -0.39 is 0 Å². The van der Waals surface area contributed by atoms with E-state index in [4.69, 9.17) is 0 Å². The zero-order valence-electron chi connectivity index (χ0n) is 24.4. The third-order valence-electron chi connectivity index (χ3n) is 9.01. The number of hydrogen-bond donors (Lipinski definition) is 0. The normalized spacial score (nSPS) is 11.8. The number of para-hydroxylation sites is 4. The van der Waals surface area contributed by atoms with Crippen molar-refractivity contribution >= 4 is 43.6 Å². The molecule has 202 valence electrons. The summed E-state index contributed by atoms with van der Waals surface area (Å²) in [6, 6.07) is 44.6. The first-order valence-electron chi connectivity index (χ1n) is 14.7. The highest BCUT2D eigenvalue weighted by atomic mass is 15.0. The number of benzene rings is 6. The number of aryl methyl sites for hydroxylation is 4. The van der Waals surface area contributed by atoms with Crippen molar-refractivity contribution in [1.29, 1.82) is 0 Å². The minimum Gasteiger partial charge on any atom is -0.309 e. The van der Waals surface area contributed by atoms with E-state index in [1.807, 2.05) is 0 Å². The van der Waals surface area contributed by atoms with E-state index in [9.17, 15) is 0 Å². The SMILES string of the molecule is Cc1cccc2c3cccc(C)c3n(-c3ccc(-c4ccc(-n5c6c(C)cccc6c6cccc(C)c65)cc4)cc3)c12. The van der Waals surface area contributed by atoms with Gasteiger partial charge in [0.25, 0.3) is 0 Å². The molecule has 2 nitrogen and oxygen atoms in total. The minimum atomic E-state index is 1.19. The summed E-state index contributed by atoms with van der Waals surface area (Å²) in [5, 5.41) is 5.24. The second-order valence-corrected chi connectivity index (χ2v) is 11.6. The van der Waals surface area contributed by atoms with Gasteiger partial charge in [0, 0.05) is 32.9 Å². The molecule has 0 spiro atoms. The van der Waals surface area contributed by atoms with E-state index in [0.717, 1.165) is 0 Å². The molecule has 6 aromatic carbocycles. The maximum atomic E-state index is 2.44. The summed E-state index contributed by atoms with van der Waals surface area (Å²) in [5.74, 6) is 0. The molecular weight excluding hydrogens is 508 g/mol. The molecule has 0 aliphatic heterocycles. The van der Waals surface area contributed by atoms with Crippen LogP contribution in [0.4, 0.5) is 0 Å². The lowest BCUT2D eigenvalue weighted by Gasteiger charge is -2.13. The molecule has 0 N–H and O–H groups in total. The maximum Gasteiger partial charge on any atom is 0.0570 e. The average molecular weight is 541 g/mol. The van der Waals surface area contributed by atoms with Gasteiger partial charge in [-0.3, -0.25) is 0 Å². The molecule has 0 saturated carbocycles. The molecule has 0 fully saturated rings. The Bertz CT molecular complexity index is 2020. The Morgan fingerprint density at radius 1 is 0.310 bits per heavy atom. The third-order valence-corrected chi connectivity index (χ3v) is 9.01. The number of hydrogen-bond acceptors (Lipinski definition) is 0. The van der Waals surface area contributed by atoms with E-state index in [-0.39, 0.29) is 0 Å². The zero-order valence-corrected chi connectivity index (χ0v) is 24.4. The van der Waals surface area contributed by atoms with Crippen LogP contribution in [-0.2, 0) is 0 Å². The van der Waals surface area contributed by atoms with Gasteiger partial charge < -0.3 is 9.13 Å². The van der Waals surface area contributed by atoms with Crippen LogP contribution in [0.2, 0.25) is 0 Å². The average Bonchev–Trinajstić information content (AvgIpc) is 3.54. The zero-order chi connectivity index (χ0) is 28.5. The number of nitrogens with zero attached hydrogens (tertiary/aromatic N) is 2. The highest BCUT2D eigenvalue weighted by molar-refractivity contribution is 6.12. The van der Waals surface area contributed by atoms with Gasteiger partial charge in [-0.05, 0) is 85.3 Å². The van der Waals surface area contributed by atoms with E-state index in [0.29, 0.717) is 0 Å². The fraction of sp³-hybridized carbons (Fsp3) is 0.100. The Hall–Kier alpha value is -5.08. The highest BCUT2D eigenvalue weighted by Crippen LogP contribution is 2.38. The molecule has 8 aromatic rings. The van der Waals surface area contributed by atoms with E-state index in [2.05, 4.69) is 158 Å². The molecule has 0 saturated heterocycles. The molecule has 0 aliphatic carbocycles. The van der Waals surface area contributed by atoms with E-state index in [1.54, 1.807) is 0 Å². The summed E-state index contributed by atoms with van der Waals surface area (Å²) < 4.78 is 4.88. The van der Waals surface area contributed by atoms with Crippen molar-refractivity contribution in [2.45, 2.75) is 27.7 Å². The van der Waals surface area contributed by atoms with Crippen LogP contribution in [0.25, 0.3) is 66.1 Å². The molecule has 8 rings (SSSR count). The van der Waals surface area contributed by atoms with Gasteiger partial charge in [0.05, 0.1) is 22.1 Å². The Kier molecular flexibility index (Phi) is 5.42. The molecule has 0 unspecified atom stereocenters. The van der Waals surface area contributed by atoms with Gasteiger partial charge >= 0.3 is 0 Å². The second-order valence-electron chi connectivity index (χ2n) is 11.6. The van der Waals surface area contributed by atoms with Crippen molar-refractivity contribution in [1.82, 2.24) is 9.13 Å². The van der Waals surface area contributed by atoms with E-state index in [1.165, 1.54) is 88.4 Å². The van der Waals surface area contributed by atoms with Crippen molar-refractivity contribution < 1.29 is 0 Å². The molecular formula is C40H32N2. The van der Waals surface area contributed by atoms with Crippen molar-refractivity contribution in [2.24, 2.45) is 0 Å². The molecule has 0 aliphatic rings. The molecule has 2 heteroatoms. The molecule has 0 atom stereocenters. The first kappa shape index (κ1) is 24.7. The summed E-state index contributed by atoms with van der Waals surface area (Å²) in [7, 11) is 0. The van der Waals surface area contributed by atoms with Crippen molar-refractivity contribution in [3.8, 4) is 22.5 Å². The quantitative estimate of drug-likeness (QED) is 0.211. The minimum absolute atomic E-state index is 1.19. The summed E-state index contributed by atoms with van der Waals surface area (Å²) in [6.07, 6.45) is 0. The molecule has 0 radical (unpaired) electrons. The van der Waals surface area contributed by atoms with Crippen LogP contribution >= 0.6 is 0 Å². The molecule has 0 bridgehead atoms. The van der Waals surface area contributed by atoms with Crippen LogP contribution in [0, 0.1) is 27.7 Å².